The SMILES string of the molecule is CCOC(=O)C(NC1CCCCC1)C1CCCOC1. The van der Waals surface area contributed by atoms with Crippen molar-refractivity contribution in [1.29, 1.82) is 0 Å². The molecule has 0 spiro atoms. The molecular formula is C15H27NO3. The van der Waals surface area contributed by atoms with E-state index in [1.165, 1.54) is 32.1 Å². The minimum Gasteiger partial charge on any atom is -0.465 e. The molecule has 2 rings (SSSR count). The van der Waals surface area contributed by atoms with Crippen molar-refractivity contribution in [3.63, 3.8) is 0 Å². The molecule has 0 aromatic heterocycles. The highest BCUT2D eigenvalue weighted by molar-refractivity contribution is 5.76. The van der Waals surface area contributed by atoms with Crippen LogP contribution in [0.2, 0.25) is 0 Å². The molecule has 1 N–H and O–H groups in total. The third kappa shape index (κ3) is 4.46. The average molecular weight is 269 g/mol. The molecular weight excluding hydrogens is 242 g/mol. The van der Waals surface area contributed by atoms with Crippen molar-refractivity contribution in [1.82, 2.24) is 5.32 Å². The van der Waals surface area contributed by atoms with E-state index in [1.807, 2.05) is 6.92 Å². The Balaban J connectivity index is 1.93. The number of hydrogen-bond acceptors (Lipinski definition) is 4. The number of carbonyl (C=O) groups is 1. The van der Waals surface area contributed by atoms with Crippen LogP contribution in [0.4, 0.5) is 0 Å². The smallest absolute Gasteiger partial charge is 0.323 e. The van der Waals surface area contributed by atoms with Crippen LogP contribution in [-0.4, -0.2) is 37.9 Å². The van der Waals surface area contributed by atoms with Gasteiger partial charge in [-0.05, 0) is 32.6 Å². The monoisotopic (exact) mass is 269 g/mol. The summed E-state index contributed by atoms with van der Waals surface area (Å²) in [5.41, 5.74) is 0. The van der Waals surface area contributed by atoms with Gasteiger partial charge in [-0.25, -0.2) is 0 Å². The normalized spacial score (nSPS) is 26.9. The summed E-state index contributed by atoms with van der Waals surface area (Å²) in [5.74, 6) is 0.179. The van der Waals surface area contributed by atoms with Crippen molar-refractivity contribution in [3.8, 4) is 0 Å². The second-order valence-electron chi connectivity index (χ2n) is 5.71. The maximum Gasteiger partial charge on any atom is 0.323 e. The summed E-state index contributed by atoms with van der Waals surface area (Å²) in [6.45, 7) is 3.83. The standard InChI is InChI=1S/C15H27NO3/c1-2-19-15(17)14(12-7-6-10-18-11-12)16-13-8-4-3-5-9-13/h12-14,16H,2-11H2,1H3. The molecule has 19 heavy (non-hydrogen) atoms. The third-order valence-corrected chi connectivity index (χ3v) is 4.23. The van der Waals surface area contributed by atoms with E-state index >= 15 is 0 Å². The van der Waals surface area contributed by atoms with Crippen LogP contribution in [0.3, 0.4) is 0 Å². The van der Waals surface area contributed by atoms with Gasteiger partial charge in [0.1, 0.15) is 6.04 Å². The lowest BCUT2D eigenvalue weighted by Gasteiger charge is -2.33. The molecule has 2 unspecified atom stereocenters. The van der Waals surface area contributed by atoms with E-state index in [-0.39, 0.29) is 17.9 Å². The van der Waals surface area contributed by atoms with Crippen molar-refractivity contribution >= 4 is 5.97 Å². The Hall–Kier alpha value is -0.610. The predicted molar refractivity (Wildman–Crippen MR) is 74.0 cm³/mol. The molecule has 0 radical (unpaired) electrons. The van der Waals surface area contributed by atoms with Crippen LogP contribution in [-0.2, 0) is 14.3 Å². The molecule has 1 saturated carbocycles. The van der Waals surface area contributed by atoms with E-state index in [0.717, 1.165) is 19.4 Å². The van der Waals surface area contributed by atoms with Crippen molar-refractivity contribution in [2.24, 2.45) is 5.92 Å². The van der Waals surface area contributed by atoms with Crippen LogP contribution >= 0.6 is 0 Å². The Morgan fingerprint density at radius 2 is 2.05 bits per heavy atom. The van der Waals surface area contributed by atoms with Gasteiger partial charge in [-0.2, -0.15) is 0 Å². The average Bonchev–Trinajstić information content (AvgIpc) is 2.47. The molecule has 110 valence electrons. The molecule has 0 bridgehead atoms. The van der Waals surface area contributed by atoms with Gasteiger partial charge in [-0.1, -0.05) is 19.3 Å². The molecule has 0 aromatic rings. The zero-order valence-corrected chi connectivity index (χ0v) is 12.0. The molecule has 2 fully saturated rings. The summed E-state index contributed by atoms with van der Waals surface area (Å²) < 4.78 is 10.8. The minimum atomic E-state index is -0.177. The molecule has 1 aliphatic carbocycles. The zero-order chi connectivity index (χ0) is 13.5. The molecule has 0 amide bonds. The number of carbonyl (C=O) groups excluding carboxylic acids is 1. The second kappa shape index (κ2) is 7.85. The third-order valence-electron chi connectivity index (χ3n) is 4.23. The summed E-state index contributed by atoms with van der Waals surface area (Å²) in [6.07, 6.45) is 8.35. The summed E-state index contributed by atoms with van der Waals surface area (Å²) in [5, 5.41) is 3.56. The summed E-state index contributed by atoms with van der Waals surface area (Å²) >= 11 is 0. The van der Waals surface area contributed by atoms with E-state index < -0.39 is 0 Å². The van der Waals surface area contributed by atoms with Crippen molar-refractivity contribution < 1.29 is 14.3 Å². The second-order valence-corrected chi connectivity index (χ2v) is 5.71. The predicted octanol–water partition coefficient (Wildman–Crippen LogP) is 2.27. The number of nitrogens with one attached hydrogen (secondary N) is 1. The fourth-order valence-electron chi connectivity index (χ4n) is 3.18. The van der Waals surface area contributed by atoms with E-state index in [2.05, 4.69) is 5.32 Å². The lowest BCUT2D eigenvalue weighted by Crippen LogP contribution is -2.51. The summed E-state index contributed by atoms with van der Waals surface area (Å²) in [6, 6.07) is 0.299. The molecule has 0 aromatic carbocycles. The first-order valence-electron chi connectivity index (χ1n) is 7.81. The highest BCUT2D eigenvalue weighted by Crippen LogP contribution is 2.23. The Morgan fingerprint density at radius 1 is 1.26 bits per heavy atom. The van der Waals surface area contributed by atoms with Gasteiger partial charge >= 0.3 is 5.97 Å². The number of hydrogen-bond donors (Lipinski definition) is 1. The first-order chi connectivity index (χ1) is 9.31. The van der Waals surface area contributed by atoms with E-state index in [0.29, 0.717) is 19.3 Å². The number of ether oxygens (including phenoxy) is 2. The van der Waals surface area contributed by atoms with Crippen LogP contribution in [0.1, 0.15) is 51.9 Å². The highest BCUT2D eigenvalue weighted by Gasteiger charge is 2.33. The largest absolute Gasteiger partial charge is 0.465 e. The quantitative estimate of drug-likeness (QED) is 0.778. The van der Waals surface area contributed by atoms with Gasteiger partial charge in [0, 0.05) is 18.6 Å². The van der Waals surface area contributed by atoms with E-state index in [4.69, 9.17) is 9.47 Å². The van der Waals surface area contributed by atoms with Crippen LogP contribution in [0, 0.1) is 5.92 Å². The lowest BCUT2D eigenvalue weighted by molar-refractivity contribution is -0.149. The van der Waals surface area contributed by atoms with Gasteiger partial charge in [0.2, 0.25) is 0 Å². The van der Waals surface area contributed by atoms with E-state index in [9.17, 15) is 4.79 Å². The Kier molecular flexibility index (Phi) is 6.11. The Morgan fingerprint density at radius 3 is 2.68 bits per heavy atom. The first-order valence-corrected chi connectivity index (χ1v) is 7.81. The van der Waals surface area contributed by atoms with Gasteiger partial charge in [-0.3, -0.25) is 4.79 Å². The van der Waals surface area contributed by atoms with Crippen LogP contribution in [0.15, 0.2) is 0 Å². The number of rotatable bonds is 5. The Bertz CT molecular complexity index is 271. The molecule has 1 heterocycles. The summed E-state index contributed by atoms with van der Waals surface area (Å²) in [7, 11) is 0. The van der Waals surface area contributed by atoms with Crippen molar-refractivity contribution in [3.05, 3.63) is 0 Å². The molecule has 2 aliphatic rings. The molecule has 2 atom stereocenters. The maximum atomic E-state index is 12.2. The lowest BCUT2D eigenvalue weighted by atomic mass is 9.90. The van der Waals surface area contributed by atoms with Gasteiger partial charge in [0.15, 0.2) is 0 Å². The van der Waals surface area contributed by atoms with Crippen LogP contribution in [0.5, 0.6) is 0 Å². The fourth-order valence-corrected chi connectivity index (χ4v) is 3.18. The van der Waals surface area contributed by atoms with Crippen LogP contribution < -0.4 is 5.32 Å². The van der Waals surface area contributed by atoms with Crippen molar-refractivity contribution in [2.75, 3.05) is 19.8 Å². The molecule has 1 aliphatic heterocycles. The topological polar surface area (TPSA) is 47.6 Å². The molecule has 4 nitrogen and oxygen atoms in total. The summed E-state index contributed by atoms with van der Waals surface area (Å²) in [4.78, 5) is 12.2. The minimum absolute atomic E-state index is 0.0939. The molecule has 4 heteroatoms. The van der Waals surface area contributed by atoms with Gasteiger partial charge < -0.3 is 14.8 Å². The van der Waals surface area contributed by atoms with Gasteiger partial charge in [0.05, 0.1) is 13.2 Å². The first kappa shape index (κ1) is 14.8. The van der Waals surface area contributed by atoms with Crippen LogP contribution in [0.25, 0.3) is 0 Å². The number of esters is 1. The Labute approximate surface area is 116 Å². The fraction of sp³-hybridized carbons (Fsp3) is 0.933. The zero-order valence-electron chi connectivity index (χ0n) is 12.0. The van der Waals surface area contributed by atoms with Gasteiger partial charge in [-0.15, -0.1) is 0 Å². The highest BCUT2D eigenvalue weighted by atomic mass is 16.5. The molecule has 1 saturated heterocycles. The van der Waals surface area contributed by atoms with Gasteiger partial charge in [0.25, 0.3) is 0 Å². The van der Waals surface area contributed by atoms with E-state index in [1.54, 1.807) is 0 Å². The van der Waals surface area contributed by atoms with Crippen molar-refractivity contribution in [2.45, 2.75) is 64.0 Å². The maximum absolute atomic E-state index is 12.2.